The van der Waals surface area contributed by atoms with E-state index in [0.29, 0.717) is 23.1 Å². The number of nitrogens with one attached hydrogen (secondary N) is 2. The first-order chi connectivity index (χ1) is 15.7. The SMILES string of the molecule is O=C1CCC(N2Cc3cc(NS(=O)(=O)c4ccc5c(c4)C(=O)CCC5)ccc3C2=O)C(=O)N1. The van der Waals surface area contributed by atoms with Gasteiger partial charge in [-0.3, -0.25) is 29.2 Å². The number of ketones is 1. The summed E-state index contributed by atoms with van der Waals surface area (Å²) in [5.74, 6) is -1.25. The fourth-order valence-corrected chi connectivity index (χ4v) is 5.70. The molecular formula is C23H21N3O6S. The van der Waals surface area contributed by atoms with E-state index in [4.69, 9.17) is 0 Å². The number of imide groups is 1. The zero-order valence-electron chi connectivity index (χ0n) is 17.6. The molecule has 1 saturated heterocycles. The molecule has 2 N–H and O–H groups in total. The maximum atomic E-state index is 13.0. The summed E-state index contributed by atoms with van der Waals surface area (Å²) >= 11 is 0. The second-order valence-electron chi connectivity index (χ2n) is 8.47. The van der Waals surface area contributed by atoms with Gasteiger partial charge in [-0.25, -0.2) is 8.42 Å². The molecule has 2 aromatic rings. The number of fused-ring (bicyclic) bond motifs is 2. The average Bonchev–Trinajstić information content (AvgIpc) is 3.09. The van der Waals surface area contributed by atoms with Gasteiger partial charge in [0.05, 0.1) is 4.90 Å². The smallest absolute Gasteiger partial charge is 0.261 e. The van der Waals surface area contributed by atoms with E-state index in [-0.39, 0.29) is 47.6 Å². The standard InChI is InChI=1S/C23H21N3O6S/c27-20-3-1-2-13-4-6-16(11-18(13)20)33(31,32)25-15-5-7-17-14(10-15)12-26(23(17)30)19-8-9-21(28)24-22(19)29/h4-7,10-11,19,25H,1-3,8-9,12H2,(H,24,28,29). The normalized spacial score (nSPS) is 20.4. The van der Waals surface area contributed by atoms with Crippen LogP contribution in [0.3, 0.4) is 0 Å². The van der Waals surface area contributed by atoms with E-state index in [1.54, 1.807) is 12.1 Å². The molecule has 1 unspecified atom stereocenters. The molecule has 3 aliphatic rings. The van der Waals surface area contributed by atoms with Crippen molar-refractivity contribution in [1.29, 1.82) is 0 Å². The van der Waals surface area contributed by atoms with Crippen molar-refractivity contribution in [2.24, 2.45) is 0 Å². The van der Waals surface area contributed by atoms with E-state index in [1.807, 2.05) is 0 Å². The van der Waals surface area contributed by atoms with Gasteiger partial charge < -0.3 is 4.90 Å². The molecular weight excluding hydrogens is 446 g/mol. The molecule has 9 nitrogen and oxygen atoms in total. The van der Waals surface area contributed by atoms with Crippen LogP contribution < -0.4 is 10.0 Å². The molecule has 0 spiro atoms. The third-order valence-electron chi connectivity index (χ3n) is 6.32. The van der Waals surface area contributed by atoms with Crippen LogP contribution in [-0.4, -0.2) is 42.9 Å². The van der Waals surface area contributed by atoms with Crippen LogP contribution >= 0.6 is 0 Å². The maximum Gasteiger partial charge on any atom is 0.261 e. The summed E-state index contributed by atoms with van der Waals surface area (Å²) in [4.78, 5) is 50.0. The van der Waals surface area contributed by atoms with Crippen molar-refractivity contribution >= 4 is 39.2 Å². The Kier molecular flexibility index (Phi) is 5.04. The molecule has 1 fully saturated rings. The number of benzene rings is 2. The van der Waals surface area contributed by atoms with Crippen LogP contribution in [0.25, 0.3) is 0 Å². The van der Waals surface area contributed by atoms with Gasteiger partial charge in [-0.15, -0.1) is 0 Å². The number of carbonyl (C=O) groups is 4. The van der Waals surface area contributed by atoms with E-state index in [9.17, 15) is 27.6 Å². The second-order valence-corrected chi connectivity index (χ2v) is 10.2. The van der Waals surface area contributed by atoms with Crippen LogP contribution in [-0.2, 0) is 32.6 Å². The Morgan fingerprint density at radius 1 is 0.909 bits per heavy atom. The highest BCUT2D eigenvalue weighted by atomic mass is 32.2. The van der Waals surface area contributed by atoms with Crippen molar-refractivity contribution in [3.8, 4) is 0 Å². The summed E-state index contributed by atoms with van der Waals surface area (Å²) in [6.07, 6.45) is 2.33. The predicted octanol–water partition coefficient (Wildman–Crippen LogP) is 1.77. The van der Waals surface area contributed by atoms with Crippen LogP contribution in [0.1, 0.15) is 57.5 Å². The molecule has 0 radical (unpaired) electrons. The zero-order valence-corrected chi connectivity index (χ0v) is 18.4. The van der Waals surface area contributed by atoms with Crippen molar-refractivity contribution in [2.75, 3.05) is 4.72 Å². The third kappa shape index (κ3) is 3.80. The Bertz CT molecular complexity index is 1330. The Morgan fingerprint density at radius 3 is 2.52 bits per heavy atom. The molecule has 3 amide bonds. The molecule has 1 aliphatic carbocycles. The number of piperidine rings is 1. The summed E-state index contributed by atoms with van der Waals surface area (Å²) in [5.41, 5.74) is 2.56. The zero-order chi connectivity index (χ0) is 23.3. The van der Waals surface area contributed by atoms with E-state index in [2.05, 4.69) is 10.0 Å². The van der Waals surface area contributed by atoms with Crippen molar-refractivity contribution in [2.45, 2.75) is 49.6 Å². The van der Waals surface area contributed by atoms with Gasteiger partial charge in [-0.05, 0) is 60.7 Å². The number of sulfonamides is 1. The van der Waals surface area contributed by atoms with Gasteiger partial charge in [0.2, 0.25) is 11.8 Å². The largest absolute Gasteiger partial charge is 0.322 e. The lowest BCUT2D eigenvalue weighted by Crippen LogP contribution is -2.52. The predicted molar refractivity (Wildman–Crippen MR) is 117 cm³/mol. The lowest BCUT2D eigenvalue weighted by Gasteiger charge is -2.29. The van der Waals surface area contributed by atoms with Gasteiger partial charge in [0, 0.05) is 36.2 Å². The minimum atomic E-state index is -3.95. The van der Waals surface area contributed by atoms with Crippen molar-refractivity contribution in [3.63, 3.8) is 0 Å². The Hall–Kier alpha value is -3.53. The molecule has 1 atom stereocenters. The molecule has 0 aromatic heterocycles. The second kappa shape index (κ2) is 7.80. The van der Waals surface area contributed by atoms with Crippen molar-refractivity contribution in [1.82, 2.24) is 10.2 Å². The fourth-order valence-electron chi connectivity index (χ4n) is 4.63. The summed E-state index contributed by atoms with van der Waals surface area (Å²) < 4.78 is 28.4. The van der Waals surface area contributed by atoms with Gasteiger partial charge in [0.25, 0.3) is 15.9 Å². The molecule has 2 aliphatic heterocycles. The third-order valence-corrected chi connectivity index (χ3v) is 7.70. The van der Waals surface area contributed by atoms with Crippen LogP contribution in [0.2, 0.25) is 0 Å². The summed E-state index contributed by atoms with van der Waals surface area (Å²) in [7, 11) is -3.95. The Labute approximate surface area is 190 Å². The van der Waals surface area contributed by atoms with E-state index >= 15 is 0 Å². The molecule has 10 heteroatoms. The van der Waals surface area contributed by atoms with E-state index in [0.717, 1.165) is 18.4 Å². The highest BCUT2D eigenvalue weighted by Crippen LogP contribution is 2.31. The van der Waals surface area contributed by atoms with Gasteiger partial charge >= 0.3 is 0 Å². The number of carbonyl (C=O) groups excluding carboxylic acids is 4. The highest BCUT2D eigenvalue weighted by molar-refractivity contribution is 7.92. The topological polar surface area (TPSA) is 130 Å². The van der Waals surface area contributed by atoms with Crippen LogP contribution in [0.5, 0.6) is 0 Å². The van der Waals surface area contributed by atoms with Crippen molar-refractivity contribution in [3.05, 3.63) is 58.7 Å². The fraction of sp³-hybridized carbons (Fsp3) is 0.304. The average molecular weight is 468 g/mol. The highest BCUT2D eigenvalue weighted by Gasteiger charge is 2.39. The molecule has 170 valence electrons. The Morgan fingerprint density at radius 2 is 1.73 bits per heavy atom. The molecule has 0 saturated carbocycles. The Balaban J connectivity index is 1.37. The van der Waals surface area contributed by atoms with Crippen LogP contribution in [0, 0.1) is 0 Å². The quantitative estimate of drug-likeness (QED) is 0.659. The number of nitrogens with zero attached hydrogens (tertiary/aromatic N) is 1. The van der Waals surface area contributed by atoms with Gasteiger partial charge in [-0.2, -0.15) is 0 Å². The summed E-state index contributed by atoms with van der Waals surface area (Å²) in [5, 5.41) is 2.25. The monoisotopic (exact) mass is 467 g/mol. The maximum absolute atomic E-state index is 13.0. The van der Waals surface area contributed by atoms with Gasteiger partial charge in [-0.1, -0.05) is 6.07 Å². The molecule has 0 bridgehead atoms. The number of Topliss-reactive ketones (excluding diaryl/α,β-unsaturated/α-hetero) is 1. The first-order valence-corrected chi connectivity index (χ1v) is 12.2. The number of anilines is 1. The van der Waals surface area contributed by atoms with Crippen LogP contribution in [0.4, 0.5) is 5.69 Å². The van der Waals surface area contributed by atoms with Gasteiger partial charge in [0.1, 0.15) is 6.04 Å². The summed E-state index contributed by atoms with van der Waals surface area (Å²) in [6, 6.07) is 8.43. The number of hydrogen-bond donors (Lipinski definition) is 2. The number of hydrogen-bond acceptors (Lipinski definition) is 6. The first-order valence-electron chi connectivity index (χ1n) is 10.7. The number of rotatable bonds is 4. The molecule has 33 heavy (non-hydrogen) atoms. The van der Waals surface area contributed by atoms with Crippen molar-refractivity contribution < 1.29 is 27.6 Å². The molecule has 5 rings (SSSR count). The van der Waals surface area contributed by atoms with Crippen LogP contribution in [0.15, 0.2) is 41.3 Å². The van der Waals surface area contributed by atoms with E-state index in [1.165, 1.54) is 29.2 Å². The molecule has 2 aromatic carbocycles. The minimum Gasteiger partial charge on any atom is -0.322 e. The lowest BCUT2D eigenvalue weighted by atomic mass is 9.91. The lowest BCUT2D eigenvalue weighted by molar-refractivity contribution is -0.136. The van der Waals surface area contributed by atoms with Gasteiger partial charge in [0.15, 0.2) is 5.78 Å². The minimum absolute atomic E-state index is 0.00162. The number of aryl methyl sites for hydroxylation is 1. The first kappa shape index (κ1) is 21.3. The summed E-state index contributed by atoms with van der Waals surface area (Å²) in [6.45, 7) is 0.142. The number of amides is 3. The van der Waals surface area contributed by atoms with E-state index < -0.39 is 22.0 Å². The molecule has 2 heterocycles.